The fraction of sp³-hybridized carbons (Fsp3) is 0.857. The maximum absolute atomic E-state index is 12.1. The molecule has 0 saturated carbocycles. The summed E-state index contributed by atoms with van der Waals surface area (Å²) in [7, 11) is 0. The van der Waals surface area contributed by atoms with E-state index in [1.165, 1.54) is 51.4 Å². The van der Waals surface area contributed by atoms with E-state index < -0.39 is 11.9 Å². The first-order valence-electron chi connectivity index (χ1n) is 14.6. The summed E-state index contributed by atoms with van der Waals surface area (Å²) in [5.41, 5.74) is 0. The maximum atomic E-state index is 12.1. The van der Waals surface area contributed by atoms with Crippen LogP contribution in [0.2, 0.25) is 0 Å². The second kappa shape index (κ2) is 22.0. The summed E-state index contributed by atoms with van der Waals surface area (Å²) >= 11 is 0. The number of rotatable bonds is 19. The summed E-state index contributed by atoms with van der Waals surface area (Å²) in [5.74, 6) is -1.86. The SMILES string of the molecule is CCCCCCCCCCCCC(C=O)N1CCN(CC=O)CCN(CC(=O)O)CCN(CC(=O)O)CC1. The molecule has 0 aliphatic carbocycles. The fourth-order valence-corrected chi connectivity index (χ4v) is 5.05. The average Bonchev–Trinajstić information content (AvgIpc) is 2.87. The largest absolute Gasteiger partial charge is 0.480 e. The van der Waals surface area contributed by atoms with Crippen LogP contribution in [0.15, 0.2) is 0 Å². The first-order chi connectivity index (χ1) is 18.4. The van der Waals surface area contributed by atoms with Gasteiger partial charge in [0.25, 0.3) is 0 Å². The molecule has 10 heteroatoms. The smallest absolute Gasteiger partial charge is 0.317 e. The summed E-state index contributed by atoms with van der Waals surface area (Å²) < 4.78 is 0. The summed E-state index contributed by atoms with van der Waals surface area (Å²) in [6, 6.07) is -0.236. The first-order valence-corrected chi connectivity index (χ1v) is 14.6. The number of aliphatic carboxylic acids is 2. The van der Waals surface area contributed by atoms with Crippen molar-refractivity contribution in [2.45, 2.75) is 83.6 Å². The zero-order valence-corrected chi connectivity index (χ0v) is 23.6. The quantitative estimate of drug-likeness (QED) is 0.187. The van der Waals surface area contributed by atoms with Crippen molar-refractivity contribution in [3.63, 3.8) is 0 Å². The molecule has 2 N–H and O–H groups in total. The predicted molar refractivity (Wildman–Crippen MR) is 149 cm³/mol. The van der Waals surface area contributed by atoms with Gasteiger partial charge in [-0.1, -0.05) is 71.1 Å². The Morgan fingerprint density at radius 2 is 1.08 bits per heavy atom. The van der Waals surface area contributed by atoms with Crippen LogP contribution >= 0.6 is 0 Å². The van der Waals surface area contributed by atoms with E-state index in [0.717, 1.165) is 31.8 Å². The lowest BCUT2D eigenvalue weighted by molar-refractivity contribution is -0.140. The van der Waals surface area contributed by atoms with Crippen LogP contribution in [-0.2, 0) is 19.2 Å². The summed E-state index contributed by atoms with van der Waals surface area (Å²) in [6.45, 7) is 6.26. The Morgan fingerprint density at radius 3 is 1.53 bits per heavy atom. The Morgan fingerprint density at radius 1 is 0.658 bits per heavy atom. The van der Waals surface area contributed by atoms with E-state index in [2.05, 4.69) is 11.8 Å². The van der Waals surface area contributed by atoms with Crippen molar-refractivity contribution in [1.29, 1.82) is 0 Å². The lowest BCUT2D eigenvalue weighted by Crippen LogP contribution is -2.50. The van der Waals surface area contributed by atoms with Gasteiger partial charge in [-0.15, -0.1) is 0 Å². The second-order valence-corrected chi connectivity index (χ2v) is 10.5. The molecule has 0 spiro atoms. The molecule has 1 fully saturated rings. The van der Waals surface area contributed by atoms with Crippen LogP contribution in [0.1, 0.15) is 77.6 Å². The van der Waals surface area contributed by atoms with Gasteiger partial charge in [-0.05, 0) is 6.42 Å². The maximum Gasteiger partial charge on any atom is 0.317 e. The highest BCUT2D eigenvalue weighted by Crippen LogP contribution is 2.14. The molecule has 1 saturated heterocycles. The van der Waals surface area contributed by atoms with E-state index in [9.17, 15) is 29.4 Å². The molecule has 0 radical (unpaired) electrons. The first kappa shape index (κ1) is 34.1. The molecule has 1 atom stereocenters. The van der Waals surface area contributed by atoms with Gasteiger partial charge >= 0.3 is 11.9 Å². The lowest BCUT2D eigenvalue weighted by Gasteiger charge is -2.35. The molecule has 0 aromatic rings. The summed E-state index contributed by atoms with van der Waals surface area (Å²) in [5, 5.41) is 18.7. The Hall–Kier alpha value is -1.88. The third-order valence-corrected chi connectivity index (χ3v) is 7.40. The average molecular weight is 541 g/mol. The molecule has 1 rings (SSSR count). The molecule has 1 heterocycles. The van der Waals surface area contributed by atoms with Crippen molar-refractivity contribution in [2.24, 2.45) is 0 Å². The van der Waals surface area contributed by atoms with Gasteiger partial charge in [0.05, 0.1) is 25.7 Å². The fourth-order valence-electron chi connectivity index (χ4n) is 5.05. The van der Waals surface area contributed by atoms with Crippen molar-refractivity contribution in [3.8, 4) is 0 Å². The normalized spacial score (nSPS) is 18.3. The number of carboxylic acids is 2. The van der Waals surface area contributed by atoms with Gasteiger partial charge in [0, 0.05) is 52.4 Å². The molecule has 1 aliphatic heterocycles. The van der Waals surface area contributed by atoms with Gasteiger partial charge in [0.1, 0.15) is 12.6 Å². The third kappa shape index (κ3) is 16.9. The van der Waals surface area contributed by atoms with E-state index in [1.54, 1.807) is 4.90 Å². The van der Waals surface area contributed by atoms with Gasteiger partial charge in [-0.3, -0.25) is 29.2 Å². The van der Waals surface area contributed by atoms with E-state index in [-0.39, 0.29) is 25.7 Å². The zero-order chi connectivity index (χ0) is 28.0. The second-order valence-electron chi connectivity index (χ2n) is 10.5. The van der Waals surface area contributed by atoms with Crippen molar-refractivity contribution in [1.82, 2.24) is 19.6 Å². The highest BCUT2D eigenvalue weighted by atomic mass is 16.4. The van der Waals surface area contributed by atoms with Crippen molar-refractivity contribution >= 4 is 24.5 Å². The van der Waals surface area contributed by atoms with Gasteiger partial charge < -0.3 is 19.8 Å². The molecular weight excluding hydrogens is 488 g/mol. The molecule has 0 amide bonds. The predicted octanol–water partition coefficient (Wildman–Crippen LogP) is 2.45. The standard InChI is InChI=1S/C28H52N4O6/c1-2-3-4-5-6-7-8-9-10-11-12-26(25-34)32-19-17-29(21-22-33)13-14-30(23-27(35)36)15-16-31(18-20-32)24-28(37)38/h22,25-26H,2-21,23-24H2,1H3,(H,35,36)(H,37,38). The Bertz CT molecular complexity index is 665. The van der Waals surface area contributed by atoms with Gasteiger partial charge in [0.2, 0.25) is 0 Å². The van der Waals surface area contributed by atoms with E-state index in [0.29, 0.717) is 52.4 Å². The minimum absolute atomic E-state index is 0.129. The van der Waals surface area contributed by atoms with Gasteiger partial charge in [-0.25, -0.2) is 0 Å². The monoisotopic (exact) mass is 540 g/mol. The molecule has 0 aromatic carbocycles. The topological polar surface area (TPSA) is 122 Å². The minimum atomic E-state index is -0.934. The van der Waals surface area contributed by atoms with E-state index in [4.69, 9.17) is 0 Å². The highest BCUT2D eigenvalue weighted by Gasteiger charge is 2.22. The molecule has 38 heavy (non-hydrogen) atoms. The molecule has 0 bridgehead atoms. The lowest BCUT2D eigenvalue weighted by atomic mass is 10.0. The number of nitrogens with zero attached hydrogens (tertiary/aromatic N) is 4. The number of carbonyl (C=O) groups is 4. The van der Waals surface area contributed by atoms with Crippen molar-refractivity contribution in [3.05, 3.63) is 0 Å². The summed E-state index contributed by atoms with van der Waals surface area (Å²) in [4.78, 5) is 53.8. The van der Waals surface area contributed by atoms with Crippen LogP contribution in [0.25, 0.3) is 0 Å². The Labute approximate surface area is 229 Å². The molecule has 1 unspecified atom stereocenters. The molecule has 220 valence electrons. The van der Waals surface area contributed by atoms with E-state index >= 15 is 0 Å². The molecule has 0 aromatic heterocycles. The van der Waals surface area contributed by atoms with Crippen LogP contribution < -0.4 is 0 Å². The Balaban J connectivity index is 2.69. The van der Waals surface area contributed by atoms with Gasteiger partial charge in [-0.2, -0.15) is 0 Å². The molecular formula is C28H52N4O6. The number of aldehydes is 2. The molecule has 1 aliphatic rings. The van der Waals surface area contributed by atoms with E-state index in [1.807, 2.05) is 9.80 Å². The van der Waals surface area contributed by atoms with Gasteiger partial charge in [0.15, 0.2) is 0 Å². The van der Waals surface area contributed by atoms with Crippen LogP contribution in [0.3, 0.4) is 0 Å². The molecule has 10 nitrogen and oxygen atoms in total. The van der Waals surface area contributed by atoms with Crippen LogP contribution in [0.4, 0.5) is 0 Å². The van der Waals surface area contributed by atoms with Crippen LogP contribution in [-0.4, -0.2) is 132 Å². The number of unbranched alkanes of at least 4 members (excludes halogenated alkanes) is 9. The number of hydrogen-bond donors (Lipinski definition) is 2. The minimum Gasteiger partial charge on any atom is -0.480 e. The van der Waals surface area contributed by atoms with Crippen LogP contribution in [0, 0.1) is 0 Å². The van der Waals surface area contributed by atoms with Crippen molar-refractivity contribution in [2.75, 3.05) is 72.0 Å². The van der Waals surface area contributed by atoms with Crippen LogP contribution in [0.5, 0.6) is 0 Å². The number of carbonyl (C=O) groups excluding carboxylic acids is 2. The Kier molecular flexibility index (Phi) is 19.8. The highest BCUT2D eigenvalue weighted by molar-refractivity contribution is 5.69. The third-order valence-electron chi connectivity index (χ3n) is 7.40. The van der Waals surface area contributed by atoms with Crippen molar-refractivity contribution < 1.29 is 29.4 Å². The summed E-state index contributed by atoms with van der Waals surface area (Å²) in [6.07, 6.45) is 15.0. The number of carboxylic acid groups (broad SMARTS) is 2. The number of hydrogen-bond acceptors (Lipinski definition) is 8. The zero-order valence-electron chi connectivity index (χ0n) is 23.6.